The van der Waals surface area contributed by atoms with Gasteiger partial charge in [-0.3, -0.25) is 4.99 Å². The van der Waals surface area contributed by atoms with Crippen molar-refractivity contribution in [1.29, 1.82) is 0 Å². The van der Waals surface area contributed by atoms with E-state index in [4.69, 9.17) is 19.9 Å². The highest BCUT2D eigenvalue weighted by Crippen LogP contribution is 2.22. The number of anilines is 1. The van der Waals surface area contributed by atoms with E-state index in [-0.39, 0.29) is 24.0 Å². The molecule has 0 aliphatic rings. The van der Waals surface area contributed by atoms with Crippen LogP contribution in [0.2, 0.25) is 0 Å². The first kappa shape index (κ1) is 20.9. The van der Waals surface area contributed by atoms with E-state index in [1.807, 2.05) is 48.5 Å². The molecule has 0 fully saturated rings. The first-order valence-electron chi connectivity index (χ1n) is 7.69. The van der Waals surface area contributed by atoms with E-state index in [0.29, 0.717) is 19.1 Å². The van der Waals surface area contributed by atoms with Gasteiger partial charge in [0.05, 0.1) is 26.5 Å². The minimum absolute atomic E-state index is 0. The second-order valence-electron chi connectivity index (χ2n) is 4.97. The van der Waals surface area contributed by atoms with Gasteiger partial charge in [0.2, 0.25) is 0 Å². The molecule has 0 radical (unpaired) electrons. The van der Waals surface area contributed by atoms with Gasteiger partial charge in [-0.05, 0) is 36.4 Å². The molecular weight excluding hydrogens is 433 g/mol. The third-order valence-electron chi connectivity index (χ3n) is 3.28. The summed E-state index contributed by atoms with van der Waals surface area (Å²) in [5.41, 5.74) is 6.67. The maximum Gasteiger partial charge on any atom is 0.193 e. The molecule has 0 spiro atoms. The molecule has 0 aliphatic carbocycles. The predicted molar refractivity (Wildman–Crippen MR) is 112 cm³/mol. The van der Waals surface area contributed by atoms with Gasteiger partial charge < -0.3 is 25.3 Å². The highest BCUT2D eigenvalue weighted by molar-refractivity contribution is 14.0. The Bertz CT molecular complexity index is 663. The molecule has 0 aromatic heterocycles. The summed E-state index contributed by atoms with van der Waals surface area (Å²) in [4.78, 5) is 4.28. The topological polar surface area (TPSA) is 78.1 Å². The van der Waals surface area contributed by atoms with Crippen LogP contribution in [-0.2, 0) is 0 Å². The largest absolute Gasteiger partial charge is 0.497 e. The Hall–Kier alpha value is -2.16. The average molecular weight is 457 g/mol. The van der Waals surface area contributed by atoms with Crippen LogP contribution < -0.4 is 25.3 Å². The van der Waals surface area contributed by atoms with Crippen LogP contribution in [-0.4, -0.2) is 33.3 Å². The molecule has 136 valence electrons. The molecule has 7 heteroatoms. The number of benzene rings is 2. The van der Waals surface area contributed by atoms with E-state index in [0.717, 1.165) is 29.4 Å². The molecule has 6 nitrogen and oxygen atoms in total. The van der Waals surface area contributed by atoms with Gasteiger partial charge >= 0.3 is 0 Å². The number of nitrogens with two attached hydrogens (primary N) is 1. The molecule has 2 rings (SSSR count). The standard InChI is InChI=1S/C18H23N3O3.HI/c1-22-14-8-10-15(11-9-14)24-13-5-12-20-18(19)21-16-6-3-4-7-17(16)23-2;/h3-4,6-11H,5,12-13H2,1-2H3,(H3,19,20,21);1H. The third kappa shape index (κ3) is 7.08. The quantitative estimate of drug-likeness (QED) is 0.275. The number of halogens is 1. The highest BCUT2D eigenvalue weighted by atomic mass is 127. The number of hydrogen-bond acceptors (Lipinski definition) is 4. The van der Waals surface area contributed by atoms with Crippen LogP contribution in [0.1, 0.15) is 6.42 Å². The SMILES string of the molecule is COc1ccc(OCCCN=C(N)Nc2ccccc2OC)cc1.I. The van der Waals surface area contributed by atoms with Crippen LogP contribution in [0, 0.1) is 0 Å². The molecule has 0 saturated heterocycles. The smallest absolute Gasteiger partial charge is 0.193 e. The van der Waals surface area contributed by atoms with Crippen LogP contribution in [0.15, 0.2) is 53.5 Å². The average Bonchev–Trinajstić information content (AvgIpc) is 2.62. The zero-order valence-electron chi connectivity index (χ0n) is 14.4. The number of aliphatic imine (C=N–C) groups is 1. The zero-order chi connectivity index (χ0) is 17.2. The summed E-state index contributed by atoms with van der Waals surface area (Å²) in [6.45, 7) is 1.14. The normalized spacial score (nSPS) is 10.6. The molecule has 0 unspecified atom stereocenters. The number of rotatable bonds is 8. The molecule has 25 heavy (non-hydrogen) atoms. The maximum atomic E-state index is 5.88. The van der Waals surface area contributed by atoms with E-state index in [1.54, 1.807) is 14.2 Å². The summed E-state index contributed by atoms with van der Waals surface area (Å²) >= 11 is 0. The van der Waals surface area contributed by atoms with Gasteiger partial charge in [-0.15, -0.1) is 24.0 Å². The summed E-state index contributed by atoms with van der Waals surface area (Å²) in [5, 5.41) is 3.03. The fourth-order valence-corrected chi connectivity index (χ4v) is 2.05. The van der Waals surface area contributed by atoms with E-state index in [1.165, 1.54) is 0 Å². The van der Waals surface area contributed by atoms with E-state index in [2.05, 4.69) is 10.3 Å². The molecule has 0 atom stereocenters. The Morgan fingerprint density at radius 1 is 1.00 bits per heavy atom. The molecular formula is C18H24IN3O3. The number of para-hydroxylation sites is 2. The lowest BCUT2D eigenvalue weighted by Gasteiger charge is -2.10. The van der Waals surface area contributed by atoms with Gasteiger partial charge in [-0.2, -0.15) is 0 Å². The Morgan fingerprint density at radius 2 is 1.68 bits per heavy atom. The van der Waals surface area contributed by atoms with Crippen molar-refractivity contribution in [2.45, 2.75) is 6.42 Å². The Balaban J connectivity index is 0.00000312. The second kappa shape index (κ2) is 11.4. The number of methoxy groups -OCH3 is 2. The van der Waals surface area contributed by atoms with Crippen LogP contribution in [0.25, 0.3) is 0 Å². The molecule has 0 saturated carbocycles. The predicted octanol–water partition coefficient (Wildman–Crippen LogP) is 3.52. The fourth-order valence-electron chi connectivity index (χ4n) is 2.05. The molecule has 3 N–H and O–H groups in total. The first-order chi connectivity index (χ1) is 11.7. The maximum absolute atomic E-state index is 5.88. The molecule has 2 aromatic rings. The molecule has 0 aliphatic heterocycles. The van der Waals surface area contributed by atoms with Crippen LogP contribution in [0.4, 0.5) is 5.69 Å². The number of nitrogens with zero attached hydrogens (tertiary/aromatic N) is 1. The summed E-state index contributed by atoms with van der Waals surface area (Å²) in [6, 6.07) is 15.0. The number of guanidine groups is 1. The monoisotopic (exact) mass is 457 g/mol. The Labute approximate surface area is 165 Å². The number of ether oxygens (including phenoxy) is 3. The lowest BCUT2D eigenvalue weighted by Crippen LogP contribution is -2.23. The molecule has 0 amide bonds. The third-order valence-corrected chi connectivity index (χ3v) is 3.28. The van der Waals surface area contributed by atoms with Crippen molar-refractivity contribution >= 4 is 35.6 Å². The lowest BCUT2D eigenvalue weighted by molar-refractivity contribution is 0.313. The van der Waals surface area contributed by atoms with Crippen molar-refractivity contribution in [2.24, 2.45) is 10.7 Å². The van der Waals surface area contributed by atoms with Gasteiger partial charge in [-0.25, -0.2) is 0 Å². The van der Waals surface area contributed by atoms with Crippen molar-refractivity contribution in [3.63, 3.8) is 0 Å². The van der Waals surface area contributed by atoms with Crippen molar-refractivity contribution < 1.29 is 14.2 Å². The Morgan fingerprint density at radius 3 is 2.36 bits per heavy atom. The van der Waals surface area contributed by atoms with Crippen molar-refractivity contribution in [3.05, 3.63) is 48.5 Å². The van der Waals surface area contributed by atoms with Crippen molar-refractivity contribution in [1.82, 2.24) is 0 Å². The van der Waals surface area contributed by atoms with Gasteiger partial charge in [0, 0.05) is 13.0 Å². The van der Waals surface area contributed by atoms with Crippen LogP contribution in [0.3, 0.4) is 0 Å². The van der Waals surface area contributed by atoms with Gasteiger partial charge in [-0.1, -0.05) is 12.1 Å². The highest BCUT2D eigenvalue weighted by Gasteiger charge is 2.02. The number of hydrogen-bond donors (Lipinski definition) is 2. The van der Waals surface area contributed by atoms with Gasteiger partial charge in [0.1, 0.15) is 17.2 Å². The zero-order valence-corrected chi connectivity index (χ0v) is 16.7. The Kier molecular flexibility index (Phi) is 9.53. The van der Waals surface area contributed by atoms with E-state index in [9.17, 15) is 0 Å². The summed E-state index contributed by atoms with van der Waals surface area (Å²) < 4.78 is 16.0. The summed E-state index contributed by atoms with van der Waals surface area (Å²) in [6.07, 6.45) is 0.764. The van der Waals surface area contributed by atoms with Gasteiger partial charge in [0.25, 0.3) is 0 Å². The number of nitrogens with one attached hydrogen (secondary N) is 1. The minimum Gasteiger partial charge on any atom is -0.497 e. The second-order valence-corrected chi connectivity index (χ2v) is 4.97. The van der Waals surface area contributed by atoms with E-state index < -0.39 is 0 Å². The van der Waals surface area contributed by atoms with Crippen molar-refractivity contribution in [3.8, 4) is 17.2 Å². The van der Waals surface area contributed by atoms with Crippen LogP contribution >= 0.6 is 24.0 Å². The minimum atomic E-state index is 0. The molecule has 0 heterocycles. The summed E-state index contributed by atoms with van der Waals surface area (Å²) in [5.74, 6) is 2.68. The summed E-state index contributed by atoms with van der Waals surface area (Å²) in [7, 11) is 3.25. The van der Waals surface area contributed by atoms with Crippen LogP contribution in [0.5, 0.6) is 17.2 Å². The van der Waals surface area contributed by atoms with E-state index >= 15 is 0 Å². The molecule has 2 aromatic carbocycles. The fraction of sp³-hybridized carbons (Fsp3) is 0.278. The first-order valence-corrected chi connectivity index (χ1v) is 7.69. The van der Waals surface area contributed by atoms with Gasteiger partial charge in [0.15, 0.2) is 5.96 Å². The van der Waals surface area contributed by atoms with Crippen molar-refractivity contribution in [2.75, 3.05) is 32.7 Å². The molecule has 0 bridgehead atoms. The lowest BCUT2D eigenvalue weighted by atomic mass is 10.3.